The van der Waals surface area contributed by atoms with Crippen molar-refractivity contribution >= 4 is 17.4 Å². The second-order valence-electron chi connectivity index (χ2n) is 6.93. The van der Waals surface area contributed by atoms with Gasteiger partial charge in [0.1, 0.15) is 17.3 Å². The lowest BCUT2D eigenvalue weighted by Crippen LogP contribution is -2.30. The van der Waals surface area contributed by atoms with Crippen LogP contribution in [0.2, 0.25) is 0 Å². The van der Waals surface area contributed by atoms with Crippen LogP contribution in [0.4, 0.5) is 4.39 Å². The number of carbonyl (C=O) groups excluding carboxylic acids is 2. The highest BCUT2D eigenvalue weighted by molar-refractivity contribution is 6.46. The largest absolute Gasteiger partial charge is 0.507 e. The number of hydrogen-bond donors (Lipinski definition) is 1. The first kappa shape index (κ1) is 18.2. The smallest absolute Gasteiger partial charge is 0.295 e. The van der Waals surface area contributed by atoms with Crippen molar-refractivity contribution in [1.29, 1.82) is 0 Å². The molecule has 5 nitrogen and oxygen atoms in total. The van der Waals surface area contributed by atoms with Crippen LogP contribution in [0.25, 0.3) is 5.76 Å². The van der Waals surface area contributed by atoms with Gasteiger partial charge in [0.2, 0.25) is 0 Å². The molecule has 1 saturated heterocycles. The Morgan fingerprint density at radius 2 is 2.04 bits per heavy atom. The number of carbonyl (C=O) groups is 2. The number of aliphatic hydroxyl groups excluding tert-OH is 1. The maximum atomic E-state index is 14.6. The second-order valence-corrected chi connectivity index (χ2v) is 6.93. The molecule has 2 aliphatic rings. The Kier molecular flexibility index (Phi) is 4.63. The Labute approximate surface area is 162 Å². The Balaban J connectivity index is 1.89. The number of nitrogens with zero attached hydrogens (tertiary/aromatic N) is 1. The Bertz CT molecular complexity index is 998. The van der Waals surface area contributed by atoms with Gasteiger partial charge in [0.05, 0.1) is 18.2 Å². The number of benzene rings is 2. The molecule has 0 saturated carbocycles. The molecule has 0 aromatic heterocycles. The molecular formula is C22H20FNO4. The number of ether oxygens (including phenoxy) is 1. The third-order valence-corrected chi connectivity index (χ3v) is 5.17. The minimum Gasteiger partial charge on any atom is -0.507 e. The fourth-order valence-electron chi connectivity index (χ4n) is 3.86. The first-order chi connectivity index (χ1) is 13.5. The molecule has 2 aromatic carbocycles. The molecule has 0 radical (unpaired) electrons. The number of hydrogen-bond acceptors (Lipinski definition) is 4. The van der Waals surface area contributed by atoms with Crippen LogP contribution in [0.15, 0.2) is 48.0 Å². The summed E-state index contributed by atoms with van der Waals surface area (Å²) in [5, 5.41) is 11.0. The van der Waals surface area contributed by atoms with E-state index in [9.17, 15) is 19.1 Å². The van der Waals surface area contributed by atoms with Crippen LogP contribution in [-0.2, 0) is 16.0 Å². The van der Waals surface area contributed by atoms with Gasteiger partial charge >= 0.3 is 0 Å². The number of ketones is 1. The van der Waals surface area contributed by atoms with Crippen molar-refractivity contribution in [3.63, 3.8) is 0 Å². The van der Waals surface area contributed by atoms with Crippen LogP contribution in [0, 0.1) is 5.82 Å². The first-order valence-electron chi connectivity index (χ1n) is 9.32. The van der Waals surface area contributed by atoms with Gasteiger partial charge in [-0.2, -0.15) is 0 Å². The molecule has 0 bridgehead atoms. The molecule has 1 amide bonds. The minimum atomic E-state index is -0.953. The summed E-state index contributed by atoms with van der Waals surface area (Å²) in [5.41, 5.74) is 1.46. The summed E-state index contributed by atoms with van der Waals surface area (Å²) in [5.74, 6) is -1.59. The van der Waals surface area contributed by atoms with Gasteiger partial charge < -0.3 is 14.7 Å². The van der Waals surface area contributed by atoms with Crippen molar-refractivity contribution in [2.75, 3.05) is 13.2 Å². The fraction of sp³-hybridized carbons (Fsp3) is 0.273. The van der Waals surface area contributed by atoms with Crippen LogP contribution in [-0.4, -0.2) is 34.8 Å². The van der Waals surface area contributed by atoms with Gasteiger partial charge in [-0.1, -0.05) is 25.1 Å². The fourth-order valence-corrected chi connectivity index (χ4v) is 3.86. The summed E-state index contributed by atoms with van der Waals surface area (Å²) in [4.78, 5) is 26.7. The third kappa shape index (κ3) is 2.85. The standard InChI is InChI=1S/C22H20FNO4/c1-2-10-24-19(15-5-3-4-6-16(15)23)18(21(26)22(24)27)20(25)14-7-8-17-13(12-14)9-11-28-17/h3-8,12,19,25H,2,9-11H2,1H3/b20-18+. The zero-order valence-corrected chi connectivity index (χ0v) is 15.4. The van der Waals surface area contributed by atoms with Crippen molar-refractivity contribution < 1.29 is 23.8 Å². The summed E-state index contributed by atoms with van der Waals surface area (Å²) in [6, 6.07) is 10.2. The van der Waals surface area contributed by atoms with Gasteiger partial charge in [-0.3, -0.25) is 9.59 Å². The maximum Gasteiger partial charge on any atom is 0.295 e. The quantitative estimate of drug-likeness (QED) is 0.499. The molecule has 6 heteroatoms. The summed E-state index contributed by atoms with van der Waals surface area (Å²) < 4.78 is 20.0. The number of amides is 1. The molecule has 1 unspecified atom stereocenters. The zero-order valence-electron chi connectivity index (χ0n) is 15.4. The van der Waals surface area contributed by atoms with Gasteiger partial charge in [-0.15, -0.1) is 0 Å². The highest BCUT2D eigenvalue weighted by Crippen LogP contribution is 2.41. The van der Waals surface area contributed by atoms with E-state index in [-0.39, 0.29) is 16.9 Å². The van der Waals surface area contributed by atoms with Crippen molar-refractivity contribution in [3.8, 4) is 5.75 Å². The van der Waals surface area contributed by atoms with E-state index in [2.05, 4.69) is 0 Å². The molecule has 1 N–H and O–H groups in total. The van der Waals surface area contributed by atoms with E-state index >= 15 is 0 Å². The molecule has 144 valence electrons. The third-order valence-electron chi connectivity index (χ3n) is 5.17. The second kappa shape index (κ2) is 7.11. The van der Waals surface area contributed by atoms with Crippen molar-refractivity contribution in [2.45, 2.75) is 25.8 Å². The molecule has 2 aliphatic heterocycles. The van der Waals surface area contributed by atoms with Gasteiger partial charge in [0.25, 0.3) is 11.7 Å². The van der Waals surface area contributed by atoms with E-state index in [4.69, 9.17) is 4.74 Å². The number of aliphatic hydroxyl groups is 1. The summed E-state index contributed by atoms with van der Waals surface area (Å²) >= 11 is 0. The normalized spacial score (nSPS) is 20.4. The van der Waals surface area contributed by atoms with Crippen LogP contribution >= 0.6 is 0 Å². The number of likely N-dealkylation sites (tertiary alicyclic amines) is 1. The molecule has 28 heavy (non-hydrogen) atoms. The first-order valence-corrected chi connectivity index (χ1v) is 9.32. The van der Waals surface area contributed by atoms with Gasteiger partial charge in [-0.05, 0) is 36.2 Å². The van der Waals surface area contributed by atoms with E-state index in [0.29, 0.717) is 31.6 Å². The summed E-state index contributed by atoms with van der Waals surface area (Å²) in [6.45, 7) is 2.73. The van der Waals surface area contributed by atoms with E-state index in [1.165, 1.54) is 11.0 Å². The topological polar surface area (TPSA) is 66.8 Å². The van der Waals surface area contributed by atoms with E-state index in [1.807, 2.05) is 6.92 Å². The monoisotopic (exact) mass is 381 g/mol. The van der Waals surface area contributed by atoms with Gasteiger partial charge in [0.15, 0.2) is 0 Å². The zero-order chi connectivity index (χ0) is 19.8. The van der Waals surface area contributed by atoms with Crippen molar-refractivity contribution in [1.82, 2.24) is 4.90 Å². The highest BCUT2D eigenvalue weighted by atomic mass is 19.1. The maximum absolute atomic E-state index is 14.6. The molecule has 4 rings (SSSR count). The lowest BCUT2D eigenvalue weighted by molar-refractivity contribution is -0.139. The summed E-state index contributed by atoms with van der Waals surface area (Å²) in [7, 11) is 0. The molecule has 2 heterocycles. The molecule has 1 fully saturated rings. The van der Waals surface area contributed by atoms with E-state index in [1.54, 1.807) is 36.4 Å². The van der Waals surface area contributed by atoms with E-state index < -0.39 is 23.5 Å². The lowest BCUT2D eigenvalue weighted by atomic mass is 9.94. The summed E-state index contributed by atoms with van der Waals surface area (Å²) in [6.07, 6.45) is 1.31. The van der Waals surface area contributed by atoms with Gasteiger partial charge in [0, 0.05) is 24.1 Å². The highest BCUT2D eigenvalue weighted by Gasteiger charge is 2.46. The Hall–Kier alpha value is -3.15. The number of halogens is 1. The molecule has 2 aromatic rings. The van der Waals surface area contributed by atoms with Crippen LogP contribution in [0.5, 0.6) is 5.75 Å². The average Bonchev–Trinajstić information content (AvgIpc) is 3.26. The molecule has 0 spiro atoms. The van der Waals surface area contributed by atoms with E-state index in [0.717, 1.165) is 11.3 Å². The minimum absolute atomic E-state index is 0.0811. The number of fused-ring (bicyclic) bond motifs is 1. The Morgan fingerprint density at radius 3 is 2.79 bits per heavy atom. The molecular weight excluding hydrogens is 361 g/mol. The molecule has 1 atom stereocenters. The average molecular weight is 381 g/mol. The number of Topliss-reactive ketones (excluding diaryl/α,β-unsaturated/α-hetero) is 1. The SMILES string of the molecule is CCCN1C(=O)C(=O)/C(=C(/O)c2ccc3c(c2)CCO3)C1c1ccccc1F. The Morgan fingerprint density at radius 1 is 1.25 bits per heavy atom. The van der Waals surface area contributed by atoms with Gasteiger partial charge in [-0.25, -0.2) is 4.39 Å². The van der Waals surface area contributed by atoms with Crippen molar-refractivity contribution in [3.05, 3.63) is 70.5 Å². The predicted octanol–water partition coefficient (Wildman–Crippen LogP) is 3.59. The molecule has 0 aliphatic carbocycles. The lowest BCUT2D eigenvalue weighted by Gasteiger charge is -2.25. The number of rotatable bonds is 4. The van der Waals surface area contributed by atoms with Crippen LogP contribution < -0.4 is 4.74 Å². The van der Waals surface area contributed by atoms with Crippen LogP contribution in [0.1, 0.15) is 36.1 Å². The van der Waals surface area contributed by atoms with Crippen molar-refractivity contribution in [2.24, 2.45) is 0 Å². The predicted molar refractivity (Wildman–Crippen MR) is 101 cm³/mol. The van der Waals surface area contributed by atoms with Crippen LogP contribution in [0.3, 0.4) is 0 Å².